The topological polar surface area (TPSA) is 60.1 Å². The molecule has 1 amide bonds. The first-order valence-corrected chi connectivity index (χ1v) is 10.7. The average molecular weight is 451 g/mol. The molecular formula is C25H20F3N3O2. The molecule has 168 valence electrons. The van der Waals surface area contributed by atoms with Gasteiger partial charge in [-0.2, -0.15) is 0 Å². The number of carbonyl (C=O) groups excluding carboxylic acids is 1. The lowest BCUT2D eigenvalue weighted by Crippen LogP contribution is -2.12. The van der Waals surface area contributed by atoms with Gasteiger partial charge >= 0.3 is 0 Å². The molecule has 4 aromatic rings. The van der Waals surface area contributed by atoms with Crippen molar-refractivity contribution in [1.82, 2.24) is 9.55 Å². The van der Waals surface area contributed by atoms with E-state index in [1.165, 1.54) is 18.2 Å². The van der Waals surface area contributed by atoms with Crippen molar-refractivity contribution >= 4 is 11.6 Å². The van der Waals surface area contributed by atoms with Gasteiger partial charge in [0.2, 0.25) is 0 Å². The number of carbonyl (C=O) groups is 1. The maximum Gasteiger partial charge on any atom is 0.291 e. The lowest BCUT2D eigenvalue weighted by Gasteiger charge is -2.15. The van der Waals surface area contributed by atoms with Gasteiger partial charge in [-0.3, -0.25) is 4.79 Å². The van der Waals surface area contributed by atoms with Crippen molar-refractivity contribution in [3.63, 3.8) is 0 Å². The summed E-state index contributed by atoms with van der Waals surface area (Å²) in [6.07, 6.45) is 5.99. The molecule has 2 heterocycles. The van der Waals surface area contributed by atoms with Crippen molar-refractivity contribution in [2.45, 2.75) is 31.7 Å². The van der Waals surface area contributed by atoms with Crippen LogP contribution in [-0.4, -0.2) is 15.5 Å². The highest BCUT2D eigenvalue weighted by atomic mass is 19.1. The first-order chi connectivity index (χ1) is 16.0. The predicted molar refractivity (Wildman–Crippen MR) is 117 cm³/mol. The number of rotatable bonds is 5. The van der Waals surface area contributed by atoms with Crippen molar-refractivity contribution in [1.29, 1.82) is 0 Å². The number of imidazole rings is 1. The summed E-state index contributed by atoms with van der Waals surface area (Å²) in [5.41, 5.74) is 1.88. The van der Waals surface area contributed by atoms with E-state index in [9.17, 15) is 18.0 Å². The number of hydrogen-bond acceptors (Lipinski definition) is 3. The fourth-order valence-corrected chi connectivity index (χ4v) is 4.25. The van der Waals surface area contributed by atoms with Gasteiger partial charge in [0.25, 0.3) is 5.91 Å². The van der Waals surface area contributed by atoms with Crippen molar-refractivity contribution in [2.75, 3.05) is 5.32 Å². The Bertz CT molecular complexity index is 1300. The highest BCUT2D eigenvalue weighted by Crippen LogP contribution is 2.39. The van der Waals surface area contributed by atoms with E-state index in [1.54, 1.807) is 24.5 Å². The standard InChI is InChI=1S/C25H20F3N3O2/c26-16-7-5-15(6-8-16)23-24(31(14-29-23)18-3-1-2-4-18)21-11-12-22(33-21)25(32)30-20-10-9-17(27)13-19(20)28/h5-14,18H,1-4H2,(H,30,32). The molecule has 5 rings (SSSR count). The summed E-state index contributed by atoms with van der Waals surface area (Å²) in [6, 6.07) is 12.3. The molecule has 0 atom stereocenters. The number of aromatic nitrogens is 2. The first-order valence-electron chi connectivity index (χ1n) is 10.7. The number of nitrogens with zero attached hydrogens (tertiary/aromatic N) is 2. The highest BCUT2D eigenvalue weighted by molar-refractivity contribution is 6.02. The smallest absolute Gasteiger partial charge is 0.291 e. The summed E-state index contributed by atoms with van der Waals surface area (Å²) in [4.78, 5) is 17.2. The molecule has 1 saturated carbocycles. The van der Waals surface area contributed by atoms with E-state index in [1.807, 2.05) is 4.57 Å². The van der Waals surface area contributed by atoms with E-state index in [0.29, 0.717) is 23.2 Å². The van der Waals surface area contributed by atoms with Gasteiger partial charge < -0.3 is 14.3 Å². The molecule has 0 spiro atoms. The molecule has 5 nitrogen and oxygen atoms in total. The minimum Gasteiger partial charge on any atom is -0.449 e. The zero-order chi connectivity index (χ0) is 22.9. The van der Waals surface area contributed by atoms with Gasteiger partial charge in [-0.1, -0.05) is 12.8 Å². The second-order valence-corrected chi connectivity index (χ2v) is 8.04. The minimum atomic E-state index is -0.881. The molecule has 1 fully saturated rings. The predicted octanol–water partition coefficient (Wildman–Crippen LogP) is 6.59. The van der Waals surface area contributed by atoms with Crippen molar-refractivity contribution in [3.8, 4) is 22.7 Å². The third-order valence-corrected chi connectivity index (χ3v) is 5.87. The van der Waals surface area contributed by atoms with Crippen LogP contribution >= 0.6 is 0 Å². The molecular weight excluding hydrogens is 431 g/mol. The quantitative estimate of drug-likeness (QED) is 0.372. The van der Waals surface area contributed by atoms with E-state index in [2.05, 4.69) is 10.3 Å². The Morgan fingerprint density at radius 1 is 0.970 bits per heavy atom. The summed E-state index contributed by atoms with van der Waals surface area (Å²) >= 11 is 0. The van der Waals surface area contributed by atoms with Crippen LogP contribution in [0.25, 0.3) is 22.7 Å². The number of nitrogens with one attached hydrogen (secondary N) is 1. The molecule has 1 aliphatic carbocycles. The maximum atomic E-state index is 13.9. The van der Waals surface area contributed by atoms with Crippen LogP contribution in [-0.2, 0) is 0 Å². The van der Waals surface area contributed by atoms with Gasteiger partial charge in [-0.25, -0.2) is 18.2 Å². The van der Waals surface area contributed by atoms with Crippen LogP contribution in [0.2, 0.25) is 0 Å². The first kappa shape index (κ1) is 21.1. The Morgan fingerprint density at radius 2 is 1.70 bits per heavy atom. The van der Waals surface area contributed by atoms with Gasteiger partial charge in [0.15, 0.2) is 11.5 Å². The Kier molecular flexibility index (Phi) is 5.50. The molecule has 0 saturated heterocycles. The molecule has 0 radical (unpaired) electrons. The van der Waals surface area contributed by atoms with Crippen LogP contribution in [0.5, 0.6) is 0 Å². The fourth-order valence-electron chi connectivity index (χ4n) is 4.25. The number of amides is 1. The number of anilines is 1. The van der Waals surface area contributed by atoms with Crippen molar-refractivity contribution in [3.05, 3.63) is 84.1 Å². The van der Waals surface area contributed by atoms with Crippen LogP contribution in [0.15, 0.2) is 65.3 Å². The fraction of sp³-hybridized carbons (Fsp3) is 0.200. The molecule has 2 aromatic heterocycles. The number of furan rings is 1. The molecule has 1 aliphatic rings. The van der Waals surface area contributed by atoms with E-state index in [4.69, 9.17) is 4.42 Å². The normalized spacial score (nSPS) is 14.0. The average Bonchev–Trinajstić information content (AvgIpc) is 3.56. The second-order valence-electron chi connectivity index (χ2n) is 8.04. The van der Waals surface area contributed by atoms with Crippen molar-refractivity contribution < 1.29 is 22.4 Å². The van der Waals surface area contributed by atoms with Gasteiger partial charge in [0.05, 0.1) is 17.7 Å². The Labute approximate surface area is 187 Å². The van der Waals surface area contributed by atoms with E-state index >= 15 is 0 Å². The van der Waals surface area contributed by atoms with Crippen LogP contribution in [0.4, 0.5) is 18.9 Å². The molecule has 0 unspecified atom stereocenters. The van der Waals surface area contributed by atoms with Crippen LogP contribution in [0, 0.1) is 17.5 Å². The zero-order valence-corrected chi connectivity index (χ0v) is 17.5. The summed E-state index contributed by atoms with van der Waals surface area (Å²) in [5.74, 6) is -2.24. The SMILES string of the molecule is O=C(Nc1ccc(F)cc1F)c1ccc(-c2c(-c3ccc(F)cc3)ncn2C2CCCC2)o1. The van der Waals surface area contributed by atoms with Gasteiger partial charge in [-0.05, 0) is 61.4 Å². The summed E-state index contributed by atoms with van der Waals surface area (Å²) < 4.78 is 48.4. The molecule has 0 aliphatic heterocycles. The minimum absolute atomic E-state index is 0.0297. The second kappa shape index (κ2) is 8.61. The number of hydrogen-bond donors (Lipinski definition) is 1. The van der Waals surface area contributed by atoms with Gasteiger partial charge in [0, 0.05) is 17.7 Å². The third kappa shape index (κ3) is 4.16. The summed E-state index contributed by atoms with van der Waals surface area (Å²) in [5, 5.41) is 2.40. The number of benzene rings is 2. The number of halogens is 3. The third-order valence-electron chi connectivity index (χ3n) is 5.87. The summed E-state index contributed by atoms with van der Waals surface area (Å²) in [7, 11) is 0. The Morgan fingerprint density at radius 3 is 2.42 bits per heavy atom. The molecule has 33 heavy (non-hydrogen) atoms. The zero-order valence-electron chi connectivity index (χ0n) is 17.5. The van der Waals surface area contributed by atoms with Crippen molar-refractivity contribution in [2.24, 2.45) is 0 Å². The van der Waals surface area contributed by atoms with Gasteiger partial charge in [0.1, 0.15) is 23.1 Å². The monoisotopic (exact) mass is 451 g/mol. The van der Waals surface area contributed by atoms with Crippen LogP contribution < -0.4 is 5.32 Å². The summed E-state index contributed by atoms with van der Waals surface area (Å²) in [6.45, 7) is 0. The van der Waals surface area contributed by atoms with E-state index in [0.717, 1.165) is 43.4 Å². The van der Waals surface area contributed by atoms with E-state index < -0.39 is 17.5 Å². The molecule has 2 aromatic carbocycles. The molecule has 0 bridgehead atoms. The van der Waals surface area contributed by atoms with Gasteiger partial charge in [-0.15, -0.1) is 0 Å². The highest BCUT2D eigenvalue weighted by Gasteiger charge is 2.26. The Balaban J connectivity index is 1.50. The molecule has 1 N–H and O–H groups in total. The van der Waals surface area contributed by atoms with Crippen LogP contribution in [0.3, 0.4) is 0 Å². The largest absolute Gasteiger partial charge is 0.449 e. The Hall–Kier alpha value is -3.81. The lowest BCUT2D eigenvalue weighted by atomic mass is 10.1. The molecule has 8 heteroatoms. The lowest BCUT2D eigenvalue weighted by molar-refractivity contribution is 0.0997. The van der Waals surface area contributed by atoms with E-state index in [-0.39, 0.29) is 23.3 Å². The maximum absolute atomic E-state index is 13.9. The van der Waals surface area contributed by atoms with Crippen LogP contribution in [0.1, 0.15) is 42.3 Å².